The summed E-state index contributed by atoms with van der Waals surface area (Å²) in [6.07, 6.45) is 17.7. The van der Waals surface area contributed by atoms with Gasteiger partial charge in [-0.1, -0.05) is 185 Å². The number of rotatable bonds is 16. The number of hydrogen-bond donors (Lipinski definition) is 0. The summed E-state index contributed by atoms with van der Waals surface area (Å²) in [7, 11) is 0. The van der Waals surface area contributed by atoms with E-state index in [4.69, 9.17) is 9.97 Å². The number of aromatic nitrogens is 2. The fourth-order valence-corrected chi connectivity index (χ4v) is 9.85. The van der Waals surface area contributed by atoms with Crippen LogP contribution in [0.15, 0.2) is 188 Å². The Bertz CT molecular complexity index is 3190. The molecule has 0 aliphatic carbocycles. The topological polar surface area (TPSA) is 25.8 Å². The molecule has 10 rings (SSSR count). The van der Waals surface area contributed by atoms with Gasteiger partial charge in [-0.3, -0.25) is 0 Å². The Labute approximate surface area is 424 Å². The Morgan fingerprint density at radius 2 is 0.913 bits per heavy atom. The summed E-state index contributed by atoms with van der Waals surface area (Å²) < 4.78 is 0. The molecule has 0 fully saturated rings. The van der Waals surface area contributed by atoms with Crippen molar-refractivity contribution in [3.8, 4) is 44.8 Å². The smallest absolute Gasteiger partial charge is 0.0245 e. The van der Waals surface area contributed by atoms with Gasteiger partial charge in [0.15, 0.2) is 0 Å². The van der Waals surface area contributed by atoms with Gasteiger partial charge in [0.2, 0.25) is 0 Å². The molecule has 0 saturated heterocycles. The minimum atomic E-state index is 0. The van der Waals surface area contributed by atoms with E-state index in [0.717, 1.165) is 35.4 Å². The van der Waals surface area contributed by atoms with Crippen molar-refractivity contribution in [2.75, 3.05) is 0 Å². The van der Waals surface area contributed by atoms with Crippen LogP contribution in [0.3, 0.4) is 0 Å². The average molecular weight is 1080 g/mol. The first-order chi connectivity index (χ1) is 33.5. The summed E-state index contributed by atoms with van der Waals surface area (Å²) >= 11 is 0. The van der Waals surface area contributed by atoms with Crippen LogP contribution in [-0.4, -0.2) is 9.97 Å². The number of fused-ring (bicyclic) bond motifs is 6. The quantitative estimate of drug-likeness (QED) is 0.0547. The molecular weight excluding hydrogens is 1010 g/mol. The molecule has 0 unspecified atom stereocenters. The Kier molecular flexibility index (Phi) is 17.1. The van der Waals surface area contributed by atoms with Gasteiger partial charge in [0, 0.05) is 37.9 Å². The van der Waals surface area contributed by atoms with Crippen molar-refractivity contribution in [1.29, 1.82) is 0 Å². The molecule has 2 aromatic heterocycles. The van der Waals surface area contributed by atoms with Crippen molar-refractivity contribution >= 4 is 32.3 Å². The third kappa shape index (κ3) is 12.2. The maximum atomic E-state index is 4.91. The molecule has 1 radical (unpaired) electrons. The third-order valence-electron chi connectivity index (χ3n) is 13.5. The zero-order valence-electron chi connectivity index (χ0n) is 40.4. The molecule has 0 N–H and O–H groups in total. The number of unbranched alkanes of at least 4 members (excludes halogenated alkanes) is 6. The molecule has 2 nitrogen and oxygen atoms in total. The molecule has 8 aromatic carbocycles. The first kappa shape index (κ1) is 48.9. The number of benzene rings is 8. The summed E-state index contributed by atoms with van der Waals surface area (Å²) in [4.78, 5) is 9.68. The fourth-order valence-electron chi connectivity index (χ4n) is 9.85. The second-order valence-electron chi connectivity index (χ2n) is 18.4. The maximum absolute atomic E-state index is 4.91. The van der Waals surface area contributed by atoms with E-state index in [9.17, 15) is 0 Å². The molecule has 2 heterocycles. The minimum Gasteiger partial charge on any atom is -0.304 e. The van der Waals surface area contributed by atoms with Gasteiger partial charge < -0.3 is 9.97 Å². The normalized spacial score (nSPS) is 11.1. The van der Waals surface area contributed by atoms with Crippen molar-refractivity contribution in [2.24, 2.45) is 0 Å². The minimum absolute atomic E-state index is 0. The summed E-state index contributed by atoms with van der Waals surface area (Å²) in [6.45, 7) is 6.59. The number of pyridine rings is 2. The summed E-state index contributed by atoms with van der Waals surface area (Å²) in [5, 5.41) is 7.51. The molecule has 0 spiro atoms. The van der Waals surface area contributed by atoms with Crippen molar-refractivity contribution in [1.82, 2.24) is 9.97 Å². The number of nitrogens with zero attached hydrogens (tertiary/aromatic N) is 2. The standard InChI is InChI=1S/C35H30N.C31H32N.Ir/c1-2-3-4-5-12-25-13-10-14-26(21-25)27-15-11-16-28(22-27)35-23-33-31-19-8-6-17-29(31)30-18-7-9-20-32(30)34(33)24-36-35;1-24-12-10-13-25(2)31(24)29-20-21-30(32-23-29)28-19-11-18-27(22-28)17-7-4-3-6-14-26-15-8-5-9-16-26;/h6-11,13-15,17-24H,2-5,12H2,1H3;5,8-13,15-16,18,20-23H,3-4,6-7,14,17H2,1-2H3;/q2*-1;. The van der Waals surface area contributed by atoms with Crippen molar-refractivity contribution in [3.63, 3.8) is 0 Å². The molecule has 0 atom stereocenters. The van der Waals surface area contributed by atoms with Crippen molar-refractivity contribution < 1.29 is 20.1 Å². The van der Waals surface area contributed by atoms with E-state index in [-0.39, 0.29) is 20.1 Å². The van der Waals surface area contributed by atoms with Crippen LogP contribution >= 0.6 is 0 Å². The van der Waals surface area contributed by atoms with E-state index in [0.29, 0.717) is 0 Å². The van der Waals surface area contributed by atoms with Gasteiger partial charge in [0.05, 0.1) is 0 Å². The predicted molar refractivity (Wildman–Crippen MR) is 290 cm³/mol. The van der Waals surface area contributed by atoms with Gasteiger partial charge in [-0.05, 0) is 123 Å². The van der Waals surface area contributed by atoms with E-state index >= 15 is 0 Å². The van der Waals surface area contributed by atoms with Crippen LogP contribution in [0.25, 0.3) is 77.1 Å². The van der Waals surface area contributed by atoms with Crippen LogP contribution in [0.2, 0.25) is 0 Å². The number of aryl methyl sites for hydroxylation is 5. The Morgan fingerprint density at radius 3 is 1.58 bits per heavy atom. The number of hydrogen-bond acceptors (Lipinski definition) is 2. The van der Waals surface area contributed by atoms with Crippen LogP contribution in [-0.2, 0) is 39.4 Å². The molecule has 0 aliphatic rings. The fraction of sp³-hybridized carbons (Fsp3) is 0.212. The predicted octanol–water partition coefficient (Wildman–Crippen LogP) is 18.0. The van der Waals surface area contributed by atoms with Crippen LogP contribution in [0.4, 0.5) is 0 Å². The largest absolute Gasteiger partial charge is 0.304 e. The summed E-state index contributed by atoms with van der Waals surface area (Å²) in [5.74, 6) is 0. The van der Waals surface area contributed by atoms with E-state index < -0.39 is 0 Å². The molecule has 0 aliphatic heterocycles. The maximum Gasteiger partial charge on any atom is 0.0245 e. The molecule has 0 bridgehead atoms. The molecule has 347 valence electrons. The van der Waals surface area contributed by atoms with Gasteiger partial charge in [-0.25, -0.2) is 0 Å². The first-order valence-electron chi connectivity index (χ1n) is 24.9. The van der Waals surface area contributed by atoms with Gasteiger partial charge in [-0.15, -0.1) is 70.8 Å². The Hall–Kier alpha value is -6.51. The van der Waals surface area contributed by atoms with E-state index in [2.05, 4.69) is 197 Å². The molecule has 0 saturated carbocycles. The summed E-state index contributed by atoms with van der Waals surface area (Å²) in [5.41, 5.74) is 15.8. The molecule has 69 heavy (non-hydrogen) atoms. The van der Waals surface area contributed by atoms with Gasteiger partial charge in [0.1, 0.15) is 0 Å². The van der Waals surface area contributed by atoms with Crippen molar-refractivity contribution in [2.45, 2.75) is 91.4 Å². The summed E-state index contributed by atoms with van der Waals surface area (Å²) in [6, 6.07) is 69.8. The zero-order chi connectivity index (χ0) is 46.5. The van der Waals surface area contributed by atoms with Crippen LogP contribution in [0.1, 0.15) is 86.1 Å². The van der Waals surface area contributed by atoms with Crippen LogP contribution in [0, 0.1) is 26.0 Å². The Morgan fingerprint density at radius 1 is 0.377 bits per heavy atom. The van der Waals surface area contributed by atoms with E-state index in [1.54, 1.807) is 0 Å². The van der Waals surface area contributed by atoms with Crippen LogP contribution in [0.5, 0.6) is 0 Å². The second-order valence-corrected chi connectivity index (χ2v) is 18.4. The molecular formula is C66H62IrN2-2. The zero-order valence-corrected chi connectivity index (χ0v) is 42.8. The second kappa shape index (κ2) is 24.2. The van der Waals surface area contributed by atoms with Gasteiger partial charge in [-0.2, -0.15) is 0 Å². The van der Waals surface area contributed by atoms with Crippen LogP contribution < -0.4 is 0 Å². The van der Waals surface area contributed by atoms with E-state index in [1.807, 2.05) is 24.5 Å². The Balaban J connectivity index is 0.000000185. The van der Waals surface area contributed by atoms with Gasteiger partial charge in [0.25, 0.3) is 0 Å². The first-order valence-corrected chi connectivity index (χ1v) is 24.9. The molecule has 0 amide bonds. The molecule has 3 heteroatoms. The SMILES string of the molecule is CCCCCCc1cccc(-c2cc[c-]c(-c3cc4c5ccccc5c5ccccc5c4cn3)c2)c1.Cc1cccc(C)c1-c1ccc(-c2[c-]ccc(CCCCCCc3ccccc3)c2)nc1.[Ir]. The van der Waals surface area contributed by atoms with E-state index in [1.165, 1.54) is 140 Å². The monoisotopic (exact) mass is 1080 g/mol. The molecule has 10 aromatic rings. The van der Waals surface area contributed by atoms with Gasteiger partial charge >= 0.3 is 0 Å². The van der Waals surface area contributed by atoms with Crippen molar-refractivity contribution in [3.05, 3.63) is 228 Å². The average Bonchev–Trinajstić information content (AvgIpc) is 3.39. The third-order valence-corrected chi connectivity index (χ3v) is 13.5.